The number of benzene rings is 2. The minimum absolute atomic E-state index is 0.0645. The van der Waals surface area contributed by atoms with Crippen LogP contribution in [0.3, 0.4) is 0 Å². The van der Waals surface area contributed by atoms with Gasteiger partial charge in [-0.1, -0.05) is 18.2 Å². The molecule has 94 valence electrons. The molecule has 0 heterocycles. The van der Waals surface area contributed by atoms with E-state index < -0.39 is 5.97 Å². The number of hydrogen-bond donors (Lipinski definition) is 1. The molecule has 0 atom stereocenters. The van der Waals surface area contributed by atoms with Crippen molar-refractivity contribution < 1.29 is 14.6 Å². The summed E-state index contributed by atoms with van der Waals surface area (Å²) in [5, 5.41) is 11.0. The third-order valence-corrected chi connectivity index (χ3v) is 3.03. The van der Waals surface area contributed by atoms with Gasteiger partial charge in [-0.15, -0.1) is 0 Å². The Morgan fingerprint density at radius 2 is 2.06 bits per heavy atom. The lowest BCUT2D eigenvalue weighted by Crippen LogP contribution is -2.02. The second-order valence-corrected chi connectivity index (χ2v) is 4.24. The maximum atomic E-state index is 10.8. The molecule has 0 fully saturated rings. The lowest BCUT2D eigenvalue weighted by Gasteiger charge is -2.09. The molecular weight excluding hydrogens is 228 g/mol. The van der Waals surface area contributed by atoms with Crippen LogP contribution in [0.25, 0.3) is 10.8 Å². The van der Waals surface area contributed by atoms with Gasteiger partial charge in [0.15, 0.2) is 0 Å². The highest BCUT2D eigenvalue weighted by Gasteiger charge is 2.07. The summed E-state index contributed by atoms with van der Waals surface area (Å²) in [7, 11) is 0. The molecule has 2 aromatic rings. The first-order valence-corrected chi connectivity index (χ1v) is 5.98. The van der Waals surface area contributed by atoms with Crippen molar-refractivity contribution in [3.05, 3.63) is 41.5 Å². The van der Waals surface area contributed by atoms with E-state index in [-0.39, 0.29) is 6.42 Å². The first-order chi connectivity index (χ1) is 8.61. The van der Waals surface area contributed by atoms with Crippen molar-refractivity contribution in [2.45, 2.75) is 20.3 Å². The minimum Gasteiger partial charge on any atom is -0.494 e. The third kappa shape index (κ3) is 2.45. The van der Waals surface area contributed by atoms with Crippen molar-refractivity contribution in [2.75, 3.05) is 6.61 Å². The molecule has 2 rings (SSSR count). The maximum absolute atomic E-state index is 10.8. The summed E-state index contributed by atoms with van der Waals surface area (Å²) in [6, 6.07) is 9.71. The molecule has 0 aliphatic heterocycles. The van der Waals surface area contributed by atoms with Gasteiger partial charge >= 0.3 is 5.97 Å². The molecule has 0 spiro atoms. The van der Waals surface area contributed by atoms with Crippen molar-refractivity contribution >= 4 is 16.7 Å². The zero-order valence-corrected chi connectivity index (χ0v) is 10.6. The van der Waals surface area contributed by atoms with Crippen LogP contribution in [0, 0.1) is 6.92 Å². The quantitative estimate of drug-likeness (QED) is 0.898. The Hall–Kier alpha value is -2.03. The van der Waals surface area contributed by atoms with Gasteiger partial charge in [0.25, 0.3) is 0 Å². The normalized spacial score (nSPS) is 10.6. The Bertz CT molecular complexity index is 588. The Balaban J connectivity index is 2.48. The number of ether oxygens (including phenoxy) is 1. The second kappa shape index (κ2) is 5.08. The molecule has 3 heteroatoms. The fourth-order valence-corrected chi connectivity index (χ4v) is 2.12. The van der Waals surface area contributed by atoms with Crippen molar-refractivity contribution in [2.24, 2.45) is 0 Å². The van der Waals surface area contributed by atoms with Crippen molar-refractivity contribution in [1.82, 2.24) is 0 Å². The standard InChI is InChI=1S/C15H16O3/c1-3-18-13-6-7-14-10(2)11(9-15(16)17)4-5-12(14)8-13/h4-8H,3,9H2,1-2H3,(H,16,17). The smallest absolute Gasteiger partial charge is 0.307 e. The predicted octanol–water partition coefficient (Wildman–Crippen LogP) is 3.17. The summed E-state index contributed by atoms with van der Waals surface area (Å²) in [4.78, 5) is 10.8. The molecule has 0 aliphatic rings. The van der Waals surface area contributed by atoms with Crippen LogP contribution in [0.2, 0.25) is 0 Å². The number of aryl methyl sites for hydroxylation is 1. The molecule has 2 aromatic carbocycles. The molecule has 0 saturated carbocycles. The van der Waals surface area contributed by atoms with Crippen LogP contribution >= 0.6 is 0 Å². The SMILES string of the molecule is CCOc1ccc2c(C)c(CC(=O)O)ccc2c1. The summed E-state index contributed by atoms with van der Waals surface area (Å²) in [5.74, 6) is 0.0405. The molecule has 0 radical (unpaired) electrons. The Morgan fingerprint density at radius 1 is 1.28 bits per heavy atom. The third-order valence-electron chi connectivity index (χ3n) is 3.03. The number of carbonyl (C=O) groups is 1. The lowest BCUT2D eigenvalue weighted by molar-refractivity contribution is -0.136. The molecule has 0 unspecified atom stereocenters. The monoisotopic (exact) mass is 244 g/mol. The van der Waals surface area contributed by atoms with Crippen molar-refractivity contribution in [1.29, 1.82) is 0 Å². The highest BCUT2D eigenvalue weighted by molar-refractivity contribution is 5.88. The summed E-state index contributed by atoms with van der Waals surface area (Å²) in [6.07, 6.45) is 0.0645. The molecule has 0 aromatic heterocycles. The summed E-state index contributed by atoms with van der Waals surface area (Å²) in [6.45, 7) is 4.55. The van der Waals surface area contributed by atoms with Crippen LogP contribution < -0.4 is 4.74 Å². The molecule has 0 bridgehead atoms. The fraction of sp³-hybridized carbons (Fsp3) is 0.267. The van der Waals surface area contributed by atoms with Gasteiger partial charge in [0, 0.05) is 0 Å². The summed E-state index contributed by atoms with van der Waals surface area (Å²) >= 11 is 0. The van der Waals surface area contributed by atoms with Gasteiger partial charge in [-0.05, 0) is 47.9 Å². The van der Waals surface area contributed by atoms with Crippen molar-refractivity contribution in [3.63, 3.8) is 0 Å². The van der Waals surface area contributed by atoms with Gasteiger partial charge in [0.05, 0.1) is 13.0 Å². The van der Waals surface area contributed by atoms with Gasteiger partial charge in [-0.25, -0.2) is 0 Å². The van der Waals surface area contributed by atoms with E-state index in [0.29, 0.717) is 6.61 Å². The van der Waals surface area contributed by atoms with E-state index in [2.05, 4.69) is 0 Å². The number of carboxylic acid groups (broad SMARTS) is 1. The maximum Gasteiger partial charge on any atom is 0.307 e. The van der Waals surface area contributed by atoms with E-state index in [4.69, 9.17) is 9.84 Å². The molecule has 3 nitrogen and oxygen atoms in total. The number of rotatable bonds is 4. The molecule has 18 heavy (non-hydrogen) atoms. The Labute approximate surface area is 106 Å². The van der Waals surface area contributed by atoms with Crippen LogP contribution in [0.1, 0.15) is 18.1 Å². The topological polar surface area (TPSA) is 46.5 Å². The van der Waals surface area contributed by atoms with Gasteiger partial charge in [0.2, 0.25) is 0 Å². The first-order valence-electron chi connectivity index (χ1n) is 5.98. The van der Waals surface area contributed by atoms with E-state index in [1.165, 1.54) is 0 Å². The average molecular weight is 244 g/mol. The van der Waals surface area contributed by atoms with Crippen LogP contribution in [0.15, 0.2) is 30.3 Å². The number of carboxylic acids is 1. The molecular formula is C15H16O3. The molecule has 0 amide bonds. The predicted molar refractivity (Wildman–Crippen MR) is 71.2 cm³/mol. The minimum atomic E-state index is -0.802. The van der Waals surface area contributed by atoms with Crippen LogP contribution in [-0.2, 0) is 11.2 Å². The van der Waals surface area contributed by atoms with Gasteiger partial charge in [-0.3, -0.25) is 4.79 Å². The number of aliphatic carboxylic acids is 1. The zero-order valence-electron chi connectivity index (χ0n) is 10.6. The average Bonchev–Trinajstić information content (AvgIpc) is 2.33. The van der Waals surface area contributed by atoms with E-state index in [1.54, 1.807) is 0 Å². The number of fused-ring (bicyclic) bond motifs is 1. The van der Waals surface area contributed by atoms with Gasteiger partial charge in [-0.2, -0.15) is 0 Å². The van der Waals surface area contributed by atoms with E-state index >= 15 is 0 Å². The van der Waals surface area contributed by atoms with E-state index in [0.717, 1.165) is 27.6 Å². The summed E-state index contributed by atoms with van der Waals surface area (Å²) in [5.41, 5.74) is 1.89. The van der Waals surface area contributed by atoms with Gasteiger partial charge < -0.3 is 9.84 Å². The molecule has 0 saturated heterocycles. The van der Waals surface area contributed by atoms with E-state index in [9.17, 15) is 4.79 Å². The number of hydrogen-bond acceptors (Lipinski definition) is 2. The summed E-state index contributed by atoms with van der Waals surface area (Å²) < 4.78 is 5.45. The van der Waals surface area contributed by atoms with Crippen LogP contribution in [0.5, 0.6) is 5.75 Å². The Kier molecular flexibility index (Phi) is 3.51. The fourth-order valence-electron chi connectivity index (χ4n) is 2.12. The molecule has 1 N–H and O–H groups in total. The largest absolute Gasteiger partial charge is 0.494 e. The highest BCUT2D eigenvalue weighted by Crippen LogP contribution is 2.26. The van der Waals surface area contributed by atoms with Gasteiger partial charge in [0.1, 0.15) is 5.75 Å². The van der Waals surface area contributed by atoms with E-state index in [1.807, 2.05) is 44.2 Å². The highest BCUT2D eigenvalue weighted by atomic mass is 16.5. The van der Waals surface area contributed by atoms with Crippen molar-refractivity contribution in [3.8, 4) is 5.75 Å². The molecule has 0 aliphatic carbocycles. The Morgan fingerprint density at radius 3 is 2.72 bits per heavy atom. The lowest BCUT2D eigenvalue weighted by atomic mass is 9.98. The van der Waals surface area contributed by atoms with Crippen LogP contribution in [-0.4, -0.2) is 17.7 Å². The first kappa shape index (κ1) is 12.4. The second-order valence-electron chi connectivity index (χ2n) is 4.24. The zero-order chi connectivity index (χ0) is 13.1. The van der Waals surface area contributed by atoms with Crippen LogP contribution in [0.4, 0.5) is 0 Å².